The summed E-state index contributed by atoms with van der Waals surface area (Å²) < 4.78 is 0. The van der Waals surface area contributed by atoms with Crippen molar-refractivity contribution >= 4 is 17.6 Å². The van der Waals surface area contributed by atoms with Crippen molar-refractivity contribution in [2.24, 2.45) is 0 Å². The Morgan fingerprint density at radius 2 is 1.73 bits per heavy atom. The third-order valence-corrected chi connectivity index (χ3v) is 6.48. The number of rotatable bonds is 4. The summed E-state index contributed by atoms with van der Waals surface area (Å²) in [6.45, 7) is 4.94. The maximum absolute atomic E-state index is 13.2. The van der Waals surface area contributed by atoms with Gasteiger partial charge in [-0.05, 0) is 55.5 Å². The number of amides is 2. The van der Waals surface area contributed by atoms with E-state index in [9.17, 15) is 4.79 Å². The lowest BCUT2D eigenvalue weighted by Gasteiger charge is -2.32. The van der Waals surface area contributed by atoms with Gasteiger partial charge < -0.3 is 10.2 Å². The highest BCUT2D eigenvalue weighted by molar-refractivity contribution is 6.33. The molecule has 0 spiro atoms. The Morgan fingerprint density at radius 3 is 2.50 bits per heavy atom. The van der Waals surface area contributed by atoms with E-state index in [4.69, 9.17) is 11.6 Å². The predicted molar refractivity (Wildman–Crippen MR) is 124 cm³/mol. The third kappa shape index (κ3) is 4.08. The van der Waals surface area contributed by atoms with E-state index in [1.807, 2.05) is 53.4 Å². The Balaban J connectivity index is 1.58. The molecule has 2 unspecified atom stereocenters. The van der Waals surface area contributed by atoms with E-state index < -0.39 is 0 Å². The maximum Gasteiger partial charge on any atom is 0.318 e. The lowest BCUT2D eigenvalue weighted by atomic mass is 9.88. The summed E-state index contributed by atoms with van der Waals surface area (Å²) in [4.78, 5) is 15.2. The summed E-state index contributed by atoms with van der Waals surface area (Å²) in [5, 5.41) is 4.02. The van der Waals surface area contributed by atoms with Crippen LogP contribution in [0.4, 0.5) is 4.79 Å². The molecule has 0 aliphatic carbocycles. The zero-order valence-electron chi connectivity index (χ0n) is 17.4. The molecule has 0 bridgehead atoms. The van der Waals surface area contributed by atoms with E-state index in [2.05, 4.69) is 49.5 Å². The molecule has 0 radical (unpaired) electrons. The number of carbonyl (C=O) groups is 1. The lowest BCUT2D eigenvalue weighted by molar-refractivity contribution is 0.179. The molecular formula is C26H27ClN2O. The minimum atomic E-state index is -0.355. The van der Waals surface area contributed by atoms with Crippen LogP contribution in [0.1, 0.15) is 43.9 Å². The van der Waals surface area contributed by atoms with E-state index in [0.29, 0.717) is 0 Å². The Labute approximate surface area is 183 Å². The van der Waals surface area contributed by atoms with Gasteiger partial charge in [-0.25, -0.2) is 4.79 Å². The first-order valence-corrected chi connectivity index (χ1v) is 10.8. The van der Waals surface area contributed by atoms with Gasteiger partial charge in [0.25, 0.3) is 0 Å². The monoisotopic (exact) mass is 418 g/mol. The quantitative estimate of drug-likeness (QED) is 0.497. The molecule has 3 aromatic carbocycles. The zero-order chi connectivity index (χ0) is 21.1. The van der Waals surface area contributed by atoms with Gasteiger partial charge in [-0.1, -0.05) is 78.3 Å². The van der Waals surface area contributed by atoms with Crippen molar-refractivity contribution in [3.05, 3.63) is 95.0 Å². The normalized spacial score (nSPS) is 20.4. The molecule has 1 aliphatic rings. The van der Waals surface area contributed by atoms with Gasteiger partial charge in [0, 0.05) is 17.1 Å². The summed E-state index contributed by atoms with van der Waals surface area (Å²) in [6.07, 6.45) is 1.85. The van der Waals surface area contributed by atoms with Crippen LogP contribution in [-0.4, -0.2) is 17.5 Å². The van der Waals surface area contributed by atoms with Crippen molar-refractivity contribution in [2.45, 2.75) is 38.3 Å². The van der Waals surface area contributed by atoms with Gasteiger partial charge in [-0.15, -0.1) is 0 Å². The molecule has 4 heteroatoms. The summed E-state index contributed by atoms with van der Waals surface area (Å²) in [5.74, 6) is 0. The van der Waals surface area contributed by atoms with Crippen LogP contribution in [0.15, 0.2) is 78.9 Å². The Morgan fingerprint density at radius 1 is 1.00 bits per heavy atom. The topological polar surface area (TPSA) is 32.3 Å². The Hall–Kier alpha value is -2.78. The fourth-order valence-electron chi connectivity index (χ4n) is 4.31. The molecule has 1 saturated heterocycles. The van der Waals surface area contributed by atoms with E-state index in [0.717, 1.165) is 46.7 Å². The molecule has 1 heterocycles. The SMILES string of the molecule is CC(c1cccc(-c2ccccc2Cl)c1)N1CCCC(C)(c2ccccc2)NC1=O. The van der Waals surface area contributed by atoms with Gasteiger partial charge >= 0.3 is 6.03 Å². The van der Waals surface area contributed by atoms with Crippen LogP contribution in [0.5, 0.6) is 0 Å². The van der Waals surface area contributed by atoms with E-state index in [-0.39, 0.29) is 17.6 Å². The average molecular weight is 419 g/mol. The zero-order valence-corrected chi connectivity index (χ0v) is 18.2. The van der Waals surface area contributed by atoms with Crippen molar-refractivity contribution < 1.29 is 4.79 Å². The molecule has 3 aromatic rings. The third-order valence-electron chi connectivity index (χ3n) is 6.15. The molecule has 1 N–H and O–H groups in total. The lowest BCUT2D eigenvalue weighted by Crippen LogP contribution is -2.47. The van der Waals surface area contributed by atoms with Crippen molar-refractivity contribution in [1.82, 2.24) is 10.2 Å². The van der Waals surface area contributed by atoms with Crippen molar-refractivity contribution in [1.29, 1.82) is 0 Å². The number of hydrogen-bond acceptors (Lipinski definition) is 1. The molecule has 3 nitrogen and oxygen atoms in total. The summed E-state index contributed by atoms with van der Waals surface area (Å²) in [5.41, 5.74) is 3.96. The molecule has 4 rings (SSSR count). The minimum absolute atomic E-state index is 0.0190. The molecule has 1 fully saturated rings. The number of hydrogen-bond donors (Lipinski definition) is 1. The molecule has 2 amide bonds. The van der Waals surface area contributed by atoms with E-state index in [1.165, 1.54) is 0 Å². The van der Waals surface area contributed by atoms with E-state index >= 15 is 0 Å². The summed E-state index contributed by atoms with van der Waals surface area (Å²) >= 11 is 6.40. The van der Waals surface area contributed by atoms with Gasteiger partial charge in [-0.2, -0.15) is 0 Å². The largest absolute Gasteiger partial charge is 0.329 e. The number of halogens is 1. The van der Waals surface area contributed by atoms with Gasteiger partial charge in [0.15, 0.2) is 0 Å². The first-order chi connectivity index (χ1) is 14.5. The maximum atomic E-state index is 13.2. The van der Waals surface area contributed by atoms with Crippen LogP contribution in [-0.2, 0) is 5.54 Å². The molecule has 0 saturated carbocycles. The standard InChI is InChI=1S/C26H27ClN2O/c1-19(20-10-8-11-21(18-20)23-14-6-7-15-24(23)27)29-17-9-16-26(2,28-25(29)30)22-12-4-3-5-13-22/h3-8,10-15,18-19H,9,16-17H2,1-2H3,(H,28,30). The molecule has 2 atom stereocenters. The van der Waals surface area contributed by atoms with Crippen LogP contribution in [0.2, 0.25) is 5.02 Å². The van der Waals surface area contributed by atoms with Crippen LogP contribution in [0, 0.1) is 0 Å². The number of nitrogens with zero attached hydrogens (tertiary/aromatic N) is 1. The number of carbonyl (C=O) groups excluding carboxylic acids is 1. The first-order valence-electron chi connectivity index (χ1n) is 10.5. The van der Waals surface area contributed by atoms with Crippen molar-refractivity contribution in [2.75, 3.05) is 6.54 Å². The van der Waals surface area contributed by atoms with Gasteiger partial charge in [0.2, 0.25) is 0 Å². The van der Waals surface area contributed by atoms with Crippen LogP contribution in [0.3, 0.4) is 0 Å². The molecule has 0 aromatic heterocycles. The number of nitrogens with one attached hydrogen (secondary N) is 1. The van der Waals surface area contributed by atoms with Gasteiger partial charge in [-0.3, -0.25) is 0 Å². The van der Waals surface area contributed by atoms with Crippen molar-refractivity contribution in [3.8, 4) is 11.1 Å². The predicted octanol–water partition coefficient (Wildman–Crippen LogP) is 6.79. The highest BCUT2D eigenvalue weighted by Gasteiger charge is 2.35. The fourth-order valence-corrected chi connectivity index (χ4v) is 4.55. The number of urea groups is 1. The summed E-state index contributed by atoms with van der Waals surface area (Å²) in [7, 11) is 0. The second-order valence-electron chi connectivity index (χ2n) is 8.21. The first kappa shape index (κ1) is 20.5. The smallest absolute Gasteiger partial charge is 0.318 e. The second kappa shape index (κ2) is 8.53. The van der Waals surface area contributed by atoms with E-state index in [1.54, 1.807) is 0 Å². The van der Waals surface area contributed by atoms with Crippen LogP contribution < -0.4 is 5.32 Å². The highest BCUT2D eigenvalue weighted by Crippen LogP contribution is 2.33. The summed E-state index contributed by atoms with van der Waals surface area (Å²) in [6, 6.07) is 26.4. The fraction of sp³-hybridized carbons (Fsp3) is 0.269. The van der Waals surface area contributed by atoms with Crippen LogP contribution in [0.25, 0.3) is 11.1 Å². The Bertz CT molecular complexity index is 1040. The average Bonchev–Trinajstić information content (AvgIpc) is 2.92. The molecular weight excluding hydrogens is 392 g/mol. The number of benzene rings is 3. The molecule has 1 aliphatic heterocycles. The van der Waals surface area contributed by atoms with Crippen molar-refractivity contribution in [3.63, 3.8) is 0 Å². The molecule has 30 heavy (non-hydrogen) atoms. The minimum Gasteiger partial charge on any atom is -0.329 e. The van der Waals surface area contributed by atoms with Crippen LogP contribution >= 0.6 is 11.6 Å². The van der Waals surface area contributed by atoms with Gasteiger partial charge in [0.05, 0.1) is 11.6 Å². The molecule has 154 valence electrons. The Kier molecular flexibility index (Phi) is 5.83. The van der Waals surface area contributed by atoms with Gasteiger partial charge in [0.1, 0.15) is 0 Å². The second-order valence-corrected chi connectivity index (χ2v) is 8.61. The highest BCUT2D eigenvalue weighted by atomic mass is 35.5.